The van der Waals surface area contributed by atoms with Gasteiger partial charge in [0.1, 0.15) is 17.1 Å². The third-order valence-corrected chi connectivity index (χ3v) is 8.97. The van der Waals surface area contributed by atoms with Crippen molar-refractivity contribution in [2.45, 2.75) is 57.2 Å². The van der Waals surface area contributed by atoms with Crippen LogP contribution in [0.3, 0.4) is 0 Å². The van der Waals surface area contributed by atoms with Gasteiger partial charge in [-0.1, -0.05) is 30.3 Å². The molecule has 1 unspecified atom stereocenters. The Morgan fingerprint density at radius 2 is 1.51 bits per heavy atom. The first-order chi connectivity index (χ1) is 17.4. The molecule has 0 radical (unpaired) electrons. The molecule has 3 aromatic carbocycles. The fraction of sp³-hybridized carbons (Fsp3) is 0.452. The first-order valence-corrected chi connectivity index (χ1v) is 13.1. The van der Waals surface area contributed by atoms with Crippen molar-refractivity contribution < 1.29 is 24.1 Å². The lowest BCUT2D eigenvalue weighted by molar-refractivity contribution is -0.0387. The van der Waals surface area contributed by atoms with Crippen molar-refractivity contribution in [3.05, 3.63) is 59.7 Å². The Morgan fingerprint density at radius 1 is 0.892 bits per heavy atom. The molecule has 0 amide bonds. The van der Waals surface area contributed by atoms with Crippen LogP contribution >= 0.6 is 12.4 Å². The van der Waals surface area contributed by atoms with E-state index in [9.17, 15) is 9.90 Å². The molecule has 4 bridgehead atoms. The molecule has 196 valence electrons. The molecular formula is C31H35ClO5. The molecule has 7 rings (SSSR count). The Balaban J connectivity index is 0.00000280. The number of carboxylic acid groups (broad SMARTS) is 1. The van der Waals surface area contributed by atoms with Crippen LogP contribution in [0.15, 0.2) is 48.5 Å². The number of fused-ring (bicyclic) bond motifs is 1. The minimum Gasteiger partial charge on any atom is -0.496 e. The summed E-state index contributed by atoms with van der Waals surface area (Å²) in [5.41, 5.74) is 3.17. The molecule has 0 saturated heterocycles. The van der Waals surface area contributed by atoms with Crippen molar-refractivity contribution in [3.63, 3.8) is 0 Å². The lowest BCUT2D eigenvalue weighted by Gasteiger charge is -2.57. The maximum absolute atomic E-state index is 12.5. The lowest BCUT2D eigenvalue weighted by atomic mass is 9.48. The Labute approximate surface area is 224 Å². The summed E-state index contributed by atoms with van der Waals surface area (Å²) in [5, 5.41) is 12.5. The molecule has 4 fully saturated rings. The molecule has 37 heavy (non-hydrogen) atoms. The Morgan fingerprint density at radius 3 is 2.11 bits per heavy atom. The largest absolute Gasteiger partial charge is 0.496 e. The zero-order valence-corrected chi connectivity index (χ0v) is 22.5. The molecule has 0 spiro atoms. The number of carbonyl (C=O) groups is 1. The minimum absolute atomic E-state index is 0. The van der Waals surface area contributed by atoms with Crippen molar-refractivity contribution in [2.75, 3.05) is 14.2 Å². The highest BCUT2D eigenvalue weighted by molar-refractivity contribution is 6.02. The van der Waals surface area contributed by atoms with Crippen LogP contribution in [0, 0.1) is 17.8 Å². The van der Waals surface area contributed by atoms with Crippen LogP contribution < -0.4 is 9.47 Å². The van der Waals surface area contributed by atoms with Gasteiger partial charge in [-0.25, -0.2) is 4.79 Å². The molecule has 0 aliphatic heterocycles. The number of methoxy groups -OCH3 is 2. The predicted molar refractivity (Wildman–Crippen MR) is 147 cm³/mol. The van der Waals surface area contributed by atoms with E-state index in [-0.39, 0.29) is 23.7 Å². The zero-order valence-electron chi connectivity index (χ0n) is 21.7. The van der Waals surface area contributed by atoms with Gasteiger partial charge in [0, 0.05) is 12.7 Å². The molecular weight excluding hydrogens is 488 g/mol. The van der Waals surface area contributed by atoms with Gasteiger partial charge in [0.05, 0.1) is 7.11 Å². The summed E-state index contributed by atoms with van der Waals surface area (Å²) in [6, 6.07) is 16.5. The normalized spacial score (nSPS) is 26.5. The second kappa shape index (κ2) is 9.85. The van der Waals surface area contributed by atoms with Gasteiger partial charge in [0.2, 0.25) is 0 Å². The molecule has 0 aromatic heterocycles. The number of halogens is 1. The molecule has 5 nitrogen and oxygen atoms in total. The van der Waals surface area contributed by atoms with Crippen LogP contribution in [0.25, 0.3) is 21.9 Å². The third-order valence-electron chi connectivity index (χ3n) is 8.97. The van der Waals surface area contributed by atoms with E-state index in [1.54, 1.807) is 26.2 Å². The van der Waals surface area contributed by atoms with Gasteiger partial charge in [-0.2, -0.15) is 0 Å². The Bertz CT molecular complexity index is 1300. The summed E-state index contributed by atoms with van der Waals surface area (Å²) in [5.74, 6) is 2.36. The summed E-state index contributed by atoms with van der Waals surface area (Å²) in [6.07, 6.45) is 7.65. The van der Waals surface area contributed by atoms with Crippen molar-refractivity contribution >= 4 is 29.1 Å². The van der Waals surface area contributed by atoms with E-state index >= 15 is 0 Å². The van der Waals surface area contributed by atoms with Gasteiger partial charge in [0.25, 0.3) is 0 Å². The van der Waals surface area contributed by atoms with Crippen molar-refractivity contribution in [1.82, 2.24) is 0 Å². The standard InChI is InChI=1S/C31H34O5.ClH/c1-18(34-2)36-27-9-8-26(35-3)28(29(27)30(32)33)23-5-4-22-6-7-25(14-24(22)13-23)31-15-19-10-20(16-31)12-21(11-19)17-31;/h4-9,13-14,18-21H,10-12,15-17H2,1-3H3,(H,32,33);1H. The van der Waals surface area contributed by atoms with Gasteiger partial charge >= 0.3 is 5.97 Å². The summed E-state index contributed by atoms with van der Waals surface area (Å²) in [4.78, 5) is 12.5. The number of hydrogen-bond donors (Lipinski definition) is 1. The number of ether oxygens (including phenoxy) is 3. The van der Waals surface area contributed by atoms with E-state index in [1.165, 1.54) is 51.2 Å². The number of carboxylic acids is 1. The van der Waals surface area contributed by atoms with Crippen LogP contribution in [-0.4, -0.2) is 31.6 Å². The maximum atomic E-state index is 12.5. The van der Waals surface area contributed by atoms with Gasteiger partial charge in [-0.3, -0.25) is 0 Å². The van der Waals surface area contributed by atoms with E-state index in [1.807, 2.05) is 6.07 Å². The number of rotatable bonds is 7. The Hall–Kier alpha value is -2.76. The quantitative estimate of drug-likeness (QED) is 0.326. The second-order valence-electron chi connectivity index (χ2n) is 11.2. The van der Waals surface area contributed by atoms with Gasteiger partial charge in [-0.05, 0) is 109 Å². The SMILES string of the molecule is COc1ccc(OC(C)OC)c(C(=O)O)c1-c1ccc2ccc(C34CC5CC(CC(C5)C3)C4)cc2c1.Cl. The van der Waals surface area contributed by atoms with Crippen LogP contribution in [0.5, 0.6) is 11.5 Å². The lowest BCUT2D eigenvalue weighted by Crippen LogP contribution is -2.48. The molecule has 6 heteroatoms. The average molecular weight is 523 g/mol. The van der Waals surface area contributed by atoms with Gasteiger partial charge < -0.3 is 19.3 Å². The topological polar surface area (TPSA) is 65.0 Å². The smallest absolute Gasteiger partial charge is 0.340 e. The Kier molecular flexibility index (Phi) is 6.88. The summed E-state index contributed by atoms with van der Waals surface area (Å²) in [6.45, 7) is 1.73. The van der Waals surface area contributed by atoms with E-state index in [0.29, 0.717) is 16.7 Å². The molecule has 1 atom stereocenters. The second-order valence-corrected chi connectivity index (χ2v) is 11.2. The molecule has 4 aliphatic carbocycles. The highest BCUT2D eigenvalue weighted by Gasteiger charge is 2.51. The van der Waals surface area contributed by atoms with E-state index in [2.05, 4.69) is 30.3 Å². The zero-order chi connectivity index (χ0) is 25.0. The molecule has 4 aliphatic rings. The highest BCUT2D eigenvalue weighted by atomic mass is 35.5. The average Bonchev–Trinajstić information content (AvgIpc) is 2.86. The maximum Gasteiger partial charge on any atom is 0.340 e. The minimum atomic E-state index is -1.07. The molecule has 4 saturated carbocycles. The first-order valence-electron chi connectivity index (χ1n) is 13.1. The fourth-order valence-corrected chi connectivity index (χ4v) is 7.75. The summed E-state index contributed by atoms with van der Waals surface area (Å²) in [7, 11) is 3.09. The monoisotopic (exact) mass is 522 g/mol. The molecule has 1 N–H and O–H groups in total. The van der Waals surface area contributed by atoms with Crippen LogP contribution in [-0.2, 0) is 10.2 Å². The van der Waals surface area contributed by atoms with Gasteiger partial charge in [-0.15, -0.1) is 12.4 Å². The van der Waals surface area contributed by atoms with Crippen molar-refractivity contribution in [1.29, 1.82) is 0 Å². The van der Waals surface area contributed by atoms with E-state index in [0.717, 1.165) is 34.1 Å². The van der Waals surface area contributed by atoms with Crippen LogP contribution in [0.2, 0.25) is 0 Å². The molecule has 0 heterocycles. The summed E-state index contributed by atoms with van der Waals surface area (Å²) >= 11 is 0. The third kappa shape index (κ3) is 4.46. The number of benzene rings is 3. The number of aromatic carboxylic acids is 1. The van der Waals surface area contributed by atoms with Crippen molar-refractivity contribution in [3.8, 4) is 22.6 Å². The van der Waals surface area contributed by atoms with Crippen LogP contribution in [0.1, 0.15) is 61.4 Å². The predicted octanol–water partition coefficient (Wildman–Crippen LogP) is 7.47. The highest BCUT2D eigenvalue weighted by Crippen LogP contribution is 2.60. The first kappa shape index (κ1) is 25.9. The number of hydrogen-bond acceptors (Lipinski definition) is 4. The van der Waals surface area contributed by atoms with Gasteiger partial charge in [0.15, 0.2) is 6.29 Å². The van der Waals surface area contributed by atoms with E-state index < -0.39 is 12.3 Å². The fourth-order valence-electron chi connectivity index (χ4n) is 7.75. The van der Waals surface area contributed by atoms with E-state index in [4.69, 9.17) is 14.2 Å². The van der Waals surface area contributed by atoms with Crippen LogP contribution in [0.4, 0.5) is 0 Å². The van der Waals surface area contributed by atoms with Crippen molar-refractivity contribution in [2.24, 2.45) is 17.8 Å². The molecule has 3 aromatic rings. The summed E-state index contributed by atoms with van der Waals surface area (Å²) < 4.78 is 16.6.